The second-order valence-corrected chi connectivity index (χ2v) is 5.35. The van der Waals surface area contributed by atoms with Crippen molar-refractivity contribution in [3.8, 4) is 17.2 Å². The molecule has 0 fully saturated rings. The van der Waals surface area contributed by atoms with Crippen LogP contribution in [0.2, 0.25) is 0 Å². The highest BCUT2D eigenvalue weighted by atomic mass is 79.9. The van der Waals surface area contributed by atoms with Crippen molar-refractivity contribution in [1.82, 2.24) is 30.5 Å². The van der Waals surface area contributed by atoms with E-state index in [1.807, 2.05) is 43.4 Å². The van der Waals surface area contributed by atoms with Crippen LogP contribution < -0.4 is 5.32 Å². The van der Waals surface area contributed by atoms with Crippen LogP contribution in [0.3, 0.4) is 0 Å². The molecule has 7 heteroatoms. The second kappa shape index (κ2) is 6.11. The van der Waals surface area contributed by atoms with Gasteiger partial charge in [0.25, 0.3) is 0 Å². The standard InChI is InChI=1S/C14H13BrN6/c1-16-8-11-7-12(15)9-17-14(11)21-19-13(18-20-21)10-5-3-2-4-6-10/h2-7,9,16H,8H2,1H3. The molecule has 0 unspecified atom stereocenters. The Morgan fingerprint density at radius 1 is 1.24 bits per heavy atom. The molecule has 0 saturated carbocycles. The fraction of sp³-hybridized carbons (Fsp3) is 0.143. The summed E-state index contributed by atoms with van der Waals surface area (Å²) < 4.78 is 0.917. The predicted molar refractivity (Wildman–Crippen MR) is 82.8 cm³/mol. The Morgan fingerprint density at radius 2 is 2.05 bits per heavy atom. The van der Waals surface area contributed by atoms with Gasteiger partial charge in [-0.05, 0) is 34.3 Å². The largest absolute Gasteiger partial charge is 0.316 e. The van der Waals surface area contributed by atoms with E-state index >= 15 is 0 Å². The van der Waals surface area contributed by atoms with Gasteiger partial charge < -0.3 is 5.32 Å². The van der Waals surface area contributed by atoms with Crippen molar-refractivity contribution in [2.45, 2.75) is 6.54 Å². The lowest BCUT2D eigenvalue weighted by molar-refractivity contribution is 0.680. The number of nitrogens with one attached hydrogen (secondary N) is 1. The van der Waals surface area contributed by atoms with Crippen molar-refractivity contribution in [1.29, 1.82) is 0 Å². The summed E-state index contributed by atoms with van der Waals surface area (Å²) >= 11 is 3.42. The monoisotopic (exact) mass is 344 g/mol. The van der Waals surface area contributed by atoms with E-state index in [0.717, 1.165) is 15.6 Å². The summed E-state index contributed by atoms with van der Waals surface area (Å²) in [6, 6.07) is 11.7. The zero-order valence-corrected chi connectivity index (χ0v) is 12.9. The Bertz CT molecular complexity index is 740. The summed E-state index contributed by atoms with van der Waals surface area (Å²) in [5.41, 5.74) is 1.92. The highest BCUT2D eigenvalue weighted by Crippen LogP contribution is 2.18. The van der Waals surface area contributed by atoms with Gasteiger partial charge in [-0.2, -0.15) is 0 Å². The summed E-state index contributed by atoms with van der Waals surface area (Å²) in [5.74, 6) is 1.25. The molecular formula is C14H13BrN6. The molecule has 21 heavy (non-hydrogen) atoms. The van der Waals surface area contributed by atoms with Crippen molar-refractivity contribution in [2.24, 2.45) is 0 Å². The van der Waals surface area contributed by atoms with Crippen LogP contribution in [-0.2, 0) is 6.54 Å². The van der Waals surface area contributed by atoms with Crippen LogP contribution in [0.25, 0.3) is 17.2 Å². The minimum absolute atomic E-state index is 0.579. The van der Waals surface area contributed by atoms with Crippen molar-refractivity contribution in [3.05, 3.63) is 52.6 Å². The van der Waals surface area contributed by atoms with E-state index in [0.29, 0.717) is 18.2 Å². The van der Waals surface area contributed by atoms with Gasteiger partial charge in [-0.3, -0.25) is 0 Å². The third-order valence-electron chi connectivity index (χ3n) is 2.91. The maximum Gasteiger partial charge on any atom is 0.205 e. The number of benzene rings is 1. The van der Waals surface area contributed by atoms with Gasteiger partial charge in [0, 0.05) is 28.3 Å². The maximum atomic E-state index is 4.41. The SMILES string of the molecule is CNCc1cc(Br)cnc1-n1nnc(-c2ccccc2)n1. The number of pyridine rings is 1. The summed E-state index contributed by atoms with van der Waals surface area (Å²) in [7, 11) is 1.88. The third-order valence-corrected chi connectivity index (χ3v) is 3.35. The average Bonchev–Trinajstić information content (AvgIpc) is 2.98. The minimum Gasteiger partial charge on any atom is -0.316 e. The molecule has 2 aromatic heterocycles. The van der Waals surface area contributed by atoms with Crippen molar-refractivity contribution >= 4 is 15.9 Å². The van der Waals surface area contributed by atoms with Crippen LogP contribution in [0.1, 0.15) is 5.56 Å². The van der Waals surface area contributed by atoms with Crippen LogP contribution in [0.15, 0.2) is 47.1 Å². The first-order valence-corrected chi connectivity index (χ1v) is 7.22. The molecule has 0 saturated heterocycles. The molecule has 0 aliphatic carbocycles. The first-order valence-electron chi connectivity index (χ1n) is 6.43. The van der Waals surface area contributed by atoms with E-state index < -0.39 is 0 Å². The van der Waals surface area contributed by atoms with Gasteiger partial charge in [-0.25, -0.2) is 4.98 Å². The first kappa shape index (κ1) is 13.8. The van der Waals surface area contributed by atoms with Gasteiger partial charge in [0.15, 0.2) is 5.82 Å². The molecule has 3 aromatic rings. The molecule has 0 spiro atoms. The van der Waals surface area contributed by atoms with Crippen molar-refractivity contribution < 1.29 is 0 Å². The molecule has 0 bridgehead atoms. The Hall–Kier alpha value is -2.12. The number of hydrogen-bond donors (Lipinski definition) is 1. The Kier molecular flexibility index (Phi) is 4.03. The lowest BCUT2D eigenvalue weighted by Gasteiger charge is -2.06. The minimum atomic E-state index is 0.579. The van der Waals surface area contributed by atoms with Crippen LogP contribution in [0.4, 0.5) is 0 Å². The molecule has 0 aliphatic heterocycles. The Labute approximate surface area is 130 Å². The number of halogens is 1. The number of aromatic nitrogens is 5. The van der Waals surface area contributed by atoms with Crippen molar-refractivity contribution in [2.75, 3.05) is 7.05 Å². The van der Waals surface area contributed by atoms with Crippen molar-refractivity contribution in [3.63, 3.8) is 0 Å². The fourth-order valence-electron chi connectivity index (χ4n) is 1.98. The van der Waals surface area contributed by atoms with Crippen LogP contribution in [0, 0.1) is 0 Å². The first-order chi connectivity index (χ1) is 10.3. The second-order valence-electron chi connectivity index (χ2n) is 4.44. The fourth-order valence-corrected chi connectivity index (χ4v) is 2.36. The summed E-state index contributed by atoms with van der Waals surface area (Å²) in [6.07, 6.45) is 1.72. The molecule has 3 rings (SSSR count). The van der Waals surface area contributed by atoms with E-state index in [1.165, 1.54) is 4.80 Å². The van der Waals surface area contributed by atoms with E-state index in [9.17, 15) is 0 Å². The average molecular weight is 345 g/mol. The molecule has 0 amide bonds. The quantitative estimate of drug-likeness (QED) is 0.785. The van der Waals surface area contributed by atoms with E-state index in [4.69, 9.17) is 0 Å². The lowest BCUT2D eigenvalue weighted by atomic mass is 10.2. The van der Waals surface area contributed by atoms with Gasteiger partial charge in [0.2, 0.25) is 5.82 Å². The highest BCUT2D eigenvalue weighted by Gasteiger charge is 2.12. The zero-order chi connectivity index (χ0) is 14.7. The smallest absolute Gasteiger partial charge is 0.205 e. The molecule has 1 aromatic carbocycles. The molecule has 6 nitrogen and oxygen atoms in total. The van der Waals surface area contributed by atoms with E-state index in [-0.39, 0.29) is 0 Å². The molecular weight excluding hydrogens is 332 g/mol. The van der Waals surface area contributed by atoms with Gasteiger partial charge in [0.05, 0.1) is 0 Å². The van der Waals surface area contributed by atoms with Gasteiger partial charge in [0.1, 0.15) is 0 Å². The number of tetrazole rings is 1. The number of nitrogens with zero attached hydrogens (tertiary/aromatic N) is 5. The normalized spacial score (nSPS) is 10.8. The maximum absolute atomic E-state index is 4.41. The number of rotatable bonds is 4. The van der Waals surface area contributed by atoms with Crippen LogP contribution >= 0.6 is 15.9 Å². The molecule has 2 heterocycles. The molecule has 106 valence electrons. The van der Waals surface area contributed by atoms with E-state index in [2.05, 4.69) is 41.6 Å². The predicted octanol–water partition coefficient (Wildman–Crippen LogP) is 2.21. The lowest BCUT2D eigenvalue weighted by Crippen LogP contribution is -2.12. The number of hydrogen-bond acceptors (Lipinski definition) is 5. The third kappa shape index (κ3) is 2.98. The highest BCUT2D eigenvalue weighted by molar-refractivity contribution is 9.10. The topological polar surface area (TPSA) is 68.5 Å². The zero-order valence-electron chi connectivity index (χ0n) is 11.4. The molecule has 0 radical (unpaired) electrons. The van der Waals surface area contributed by atoms with Crippen LogP contribution in [-0.4, -0.2) is 32.2 Å². The molecule has 0 aliphatic rings. The Morgan fingerprint density at radius 3 is 2.81 bits per heavy atom. The Balaban J connectivity index is 2.00. The molecule has 1 N–H and O–H groups in total. The van der Waals surface area contributed by atoms with Gasteiger partial charge in [-0.1, -0.05) is 30.3 Å². The van der Waals surface area contributed by atoms with E-state index in [1.54, 1.807) is 6.20 Å². The van der Waals surface area contributed by atoms with Gasteiger partial charge in [-0.15, -0.1) is 15.0 Å². The molecule has 0 atom stereocenters. The van der Waals surface area contributed by atoms with Crippen LogP contribution in [0.5, 0.6) is 0 Å². The summed E-state index contributed by atoms with van der Waals surface area (Å²) in [5, 5.41) is 15.7. The van der Waals surface area contributed by atoms with Gasteiger partial charge >= 0.3 is 0 Å². The summed E-state index contributed by atoms with van der Waals surface area (Å²) in [6.45, 7) is 0.671. The summed E-state index contributed by atoms with van der Waals surface area (Å²) in [4.78, 5) is 5.84.